The highest BCUT2D eigenvalue weighted by Crippen LogP contribution is 2.34. The van der Waals surface area contributed by atoms with Crippen LogP contribution in [-0.4, -0.2) is 5.91 Å². The molecule has 0 saturated carbocycles. The van der Waals surface area contributed by atoms with Crippen LogP contribution in [-0.2, 0) is 4.79 Å². The van der Waals surface area contributed by atoms with Gasteiger partial charge in [-0.3, -0.25) is 9.69 Å². The Kier molecular flexibility index (Phi) is 6.18. The van der Waals surface area contributed by atoms with Gasteiger partial charge in [0.25, 0.3) is 0 Å². The van der Waals surface area contributed by atoms with Gasteiger partial charge in [0.1, 0.15) is 0 Å². The first-order valence-electron chi connectivity index (χ1n) is 9.84. The number of hydrogen-bond acceptors (Lipinski definition) is 2. The summed E-state index contributed by atoms with van der Waals surface area (Å²) < 4.78 is 0. The zero-order valence-electron chi connectivity index (χ0n) is 16.1. The van der Waals surface area contributed by atoms with Gasteiger partial charge in [-0.2, -0.15) is 0 Å². The third kappa shape index (κ3) is 4.64. The molecule has 4 aromatic rings. The summed E-state index contributed by atoms with van der Waals surface area (Å²) >= 11 is 1.75. The number of thiophene rings is 1. The Bertz CT molecular complexity index is 975. The summed E-state index contributed by atoms with van der Waals surface area (Å²) in [7, 11) is 0. The van der Waals surface area contributed by atoms with Gasteiger partial charge >= 0.3 is 0 Å². The molecule has 1 aromatic heterocycles. The molecule has 1 amide bonds. The molecule has 0 aliphatic heterocycles. The Morgan fingerprint density at radius 2 is 1.28 bits per heavy atom. The molecule has 0 aliphatic rings. The van der Waals surface area contributed by atoms with Crippen LogP contribution in [0.5, 0.6) is 0 Å². The number of para-hydroxylation sites is 2. The molecule has 3 heteroatoms. The highest BCUT2D eigenvalue weighted by molar-refractivity contribution is 7.10. The first kappa shape index (κ1) is 19.2. The zero-order chi connectivity index (χ0) is 19.9. The van der Waals surface area contributed by atoms with Gasteiger partial charge in [-0.1, -0.05) is 72.8 Å². The molecule has 0 N–H and O–H groups in total. The van der Waals surface area contributed by atoms with Crippen molar-refractivity contribution in [3.63, 3.8) is 0 Å². The molecule has 2 nitrogen and oxygen atoms in total. The summed E-state index contributed by atoms with van der Waals surface area (Å²) in [5, 5.41) is 2.10. The first-order chi connectivity index (χ1) is 14.3. The molecule has 0 spiro atoms. The van der Waals surface area contributed by atoms with Crippen molar-refractivity contribution in [1.82, 2.24) is 0 Å². The van der Waals surface area contributed by atoms with E-state index in [0.717, 1.165) is 17.8 Å². The first-order valence-corrected chi connectivity index (χ1v) is 10.7. The minimum absolute atomic E-state index is 0.111. The van der Waals surface area contributed by atoms with Crippen molar-refractivity contribution in [3.8, 4) is 0 Å². The summed E-state index contributed by atoms with van der Waals surface area (Å²) in [6.07, 6.45) is 1.25. The van der Waals surface area contributed by atoms with Gasteiger partial charge in [0.05, 0.1) is 0 Å². The maximum absolute atomic E-state index is 13.4. The second kappa shape index (κ2) is 9.35. The number of carbonyl (C=O) groups is 1. The lowest BCUT2D eigenvalue weighted by molar-refractivity contribution is -0.118. The highest BCUT2D eigenvalue weighted by Gasteiger charge is 2.21. The average Bonchev–Trinajstić information content (AvgIpc) is 3.31. The molecule has 0 radical (unpaired) electrons. The second-order valence-electron chi connectivity index (χ2n) is 6.92. The van der Waals surface area contributed by atoms with Crippen molar-refractivity contribution >= 4 is 28.6 Å². The standard InChI is InChI=1S/C26H23NOS/c28-26(27(22-13-6-2-7-14-22)23-15-8-3-9-16-23)19-18-24(25-17-10-20-29-25)21-11-4-1-5-12-21/h1-17,20,24H,18-19H2. The normalized spacial score (nSPS) is 11.7. The molecular weight excluding hydrogens is 374 g/mol. The fourth-order valence-electron chi connectivity index (χ4n) is 3.62. The van der Waals surface area contributed by atoms with E-state index in [-0.39, 0.29) is 11.8 Å². The van der Waals surface area contributed by atoms with Crippen LogP contribution in [0, 0.1) is 0 Å². The Hall–Kier alpha value is -3.17. The van der Waals surface area contributed by atoms with Crippen molar-refractivity contribution in [2.45, 2.75) is 18.8 Å². The Morgan fingerprint density at radius 3 is 1.79 bits per heavy atom. The van der Waals surface area contributed by atoms with E-state index in [1.165, 1.54) is 10.4 Å². The quantitative estimate of drug-likeness (QED) is 0.328. The van der Waals surface area contributed by atoms with Crippen molar-refractivity contribution < 1.29 is 4.79 Å². The van der Waals surface area contributed by atoms with Crippen LogP contribution in [0.15, 0.2) is 109 Å². The fraction of sp³-hybridized carbons (Fsp3) is 0.115. The smallest absolute Gasteiger partial charge is 0.231 e. The number of carbonyl (C=O) groups excluding carboxylic acids is 1. The molecule has 1 heterocycles. The van der Waals surface area contributed by atoms with Crippen LogP contribution in [0.3, 0.4) is 0 Å². The van der Waals surface area contributed by atoms with Crippen LogP contribution in [0.25, 0.3) is 0 Å². The number of anilines is 2. The molecule has 1 unspecified atom stereocenters. The summed E-state index contributed by atoms with van der Waals surface area (Å²) in [6, 6.07) is 34.5. The minimum Gasteiger partial charge on any atom is -0.281 e. The van der Waals surface area contributed by atoms with E-state index in [1.54, 1.807) is 11.3 Å². The SMILES string of the molecule is O=C(CCC(c1ccccc1)c1cccs1)N(c1ccccc1)c1ccccc1. The van der Waals surface area contributed by atoms with Crippen molar-refractivity contribution in [2.24, 2.45) is 0 Å². The van der Waals surface area contributed by atoms with Crippen molar-refractivity contribution in [2.75, 3.05) is 4.90 Å². The number of benzene rings is 3. The van der Waals surface area contributed by atoms with Gasteiger partial charge < -0.3 is 0 Å². The third-order valence-electron chi connectivity index (χ3n) is 5.01. The summed E-state index contributed by atoms with van der Waals surface area (Å²) in [5.74, 6) is 0.341. The van der Waals surface area contributed by atoms with E-state index in [2.05, 4.69) is 41.8 Å². The Balaban J connectivity index is 1.58. The molecule has 0 fully saturated rings. The molecule has 29 heavy (non-hydrogen) atoms. The van der Waals surface area contributed by atoms with Gasteiger partial charge in [0, 0.05) is 28.6 Å². The van der Waals surface area contributed by atoms with E-state index in [0.29, 0.717) is 6.42 Å². The van der Waals surface area contributed by atoms with E-state index >= 15 is 0 Å². The summed E-state index contributed by atoms with van der Waals surface area (Å²) in [6.45, 7) is 0. The zero-order valence-corrected chi connectivity index (χ0v) is 17.0. The topological polar surface area (TPSA) is 20.3 Å². The van der Waals surface area contributed by atoms with Gasteiger partial charge in [-0.05, 0) is 47.7 Å². The average molecular weight is 398 g/mol. The lowest BCUT2D eigenvalue weighted by Crippen LogP contribution is -2.26. The number of nitrogens with zero attached hydrogens (tertiary/aromatic N) is 1. The van der Waals surface area contributed by atoms with Gasteiger partial charge in [-0.15, -0.1) is 11.3 Å². The van der Waals surface area contributed by atoms with Crippen molar-refractivity contribution in [3.05, 3.63) is 119 Å². The molecule has 4 rings (SSSR count). The number of hydrogen-bond donors (Lipinski definition) is 0. The maximum atomic E-state index is 13.4. The van der Waals surface area contributed by atoms with E-state index in [1.807, 2.05) is 71.6 Å². The van der Waals surface area contributed by atoms with Crippen LogP contribution in [0.2, 0.25) is 0 Å². The highest BCUT2D eigenvalue weighted by atomic mass is 32.1. The fourth-order valence-corrected chi connectivity index (χ4v) is 4.51. The van der Waals surface area contributed by atoms with E-state index in [4.69, 9.17) is 0 Å². The lowest BCUT2D eigenvalue weighted by Gasteiger charge is -2.24. The van der Waals surface area contributed by atoms with Crippen molar-refractivity contribution in [1.29, 1.82) is 0 Å². The molecule has 1 atom stereocenters. The van der Waals surface area contributed by atoms with Crippen LogP contribution in [0.4, 0.5) is 11.4 Å². The Morgan fingerprint density at radius 1 is 0.724 bits per heavy atom. The molecule has 0 bridgehead atoms. The lowest BCUT2D eigenvalue weighted by atomic mass is 9.92. The minimum atomic E-state index is 0.111. The van der Waals surface area contributed by atoms with E-state index < -0.39 is 0 Å². The Labute approximate surface area is 176 Å². The van der Waals surface area contributed by atoms with Crippen LogP contribution in [0.1, 0.15) is 29.2 Å². The molecule has 0 aliphatic carbocycles. The number of rotatable bonds is 7. The van der Waals surface area contributed by atoms with Crippen LogP contribution < -0.4 is 4.90 Å². The predicted octanol–water partition coefficient (Wildman–Crippen LogP) is 7.03. The predicted molar refractivity (Wildman–Crippen MR) is 122 cm³/mol. The van der Waals surface area contributed by atoms with Gasteiger partial charge in [0.15, 0.2) is 0 Å². The van der Waals surface area contributed by atoms with E-state index in [9.17, 15) is 4.79 Å². The maximum Gasteiger partial charge on any atom is 0.231 e. The molecule has 144 valence electrons. The van der Waals surface area contributed by atoms with Crippen LogP contribution >= 0.6 is 11.3 Å². The molecular formula is C26H23NOS. The summed E-state index contributed by atoms with van der Waals surface area (Å²) in [5.41, 5.74) is 3.06. The monoisotopic (exact) mass is 397 g/mol. The van der Waals surface area contributed by atoms with Gasteiger partial charge in [-0.25, -0.2) is 0 Å². The summed E-state index contributed by atoms with van der Waals surface area (Å²) in [4.78, 5) is 16.5. The molecule has 3 aromatic carbocycles. The largest absolute Gasteiger partial charge is 0.281 e. The van der Waals surface area contributed by atoms with Gasteiger partial charge in [0.2, 0.25) is 5.91 Å². The third-order valence-corrected chi connectivity index (χ3v) is 6.00. The second-order valence-corrected chi connectivity index (χ2v) is 7.90. The number of amides is 1. The molecule has 0 saturated heterocycles.